The molecule has 2 aliphatic rings. The predicted molar refractivity (Wildman–Crippen MR) is 94.5 cm³/mol. The smallest absolute Gasteiger partial charge is 0.258 e. The Balaban J connectivity index is 1.44. The molecule has 0 N–H and O–H groups in total. The topological polar surface area (TPSA) is 67.5 Å². The fourth-order valence-corrected chi connectivity index (χ4v) is 3.71. The Labute approximate surface area is 148 Å². The third-order valence-electron chi connectivity index (χ3n) is 4.98. The Morgan fingerprint density at radius 1 is 1.24 bits per heavy atom. The molecule has 0 spiro atoms. The van der Waals surface area contributed by atoms with E-state index in [0.29, 0.717) is 17.6 Å². The van der Waals surface area contributed by atoms with Crippen LogP contribution in [0.4, 0.5) is 5.82 Å². The molecule has 7 heteroatoms. The molecule has 134 valence electrons. The van der Waals surface area contributed by atoms with Gasteiger partial charge in [0.05, 0.1) is 13.2 Å². The maximum Gasteiger partial charge on any atom is 0.258 e. The second-order valence-corrected chi connectivity index (χ2v) is 6.92. The number of rotatable bonds is 4. The molecule has 4 heterocycles. The summed E-state index contributed by atoms with van der Waals surface area (Å²) in [6, 6.07) is 3.98. The molecule has 2 aliphatic heterocycles. The van der Waals surface area contributed by atoms with Crippen LogP contribution in [-0.4, -0.2) is 66.0 Å². The van der Waals surface area contributed by atoms with E-state index in [1.54, 1.807) is 0 Å². The number of nitrogens with zero attached hydrogens (tertiary/aromatic N) is 5. The Kier molecular flexibility index (Phi) is 4.94. The first kappa shape index (κ1) is 16.5. The Morgan fingerprint density at radius 2 is 2.12 bits per heavy atom. The zero-order valence-corrected chi connectivity index (χ0v) is 14.7. The van der Waals surface area contributed by atoms with E-state index in [-0.39, 0.29) is 0 Å². The third-order valence-corrected chi connectivity index (χ3v) is 4.98. The molecule has 1 atom stereocenters. The molecule has 2 aromatic heterocycles. The molecule has 0 amide bonds. The van der Waals surface area contributed by atoms with Crippen LogP contribution in [0.5, 0.6) is 0 Å². The lowest BCUT2D eigenvalue weighted by Crippen LogP contribution is -2.44. The largest absolute Gasteiger partial charge is 0.379 e. The normalized spacial score (nSPS) is 22.3. The lowest BCUT2D eigenvalue weighted by Gasteiger charge is -2.37. The molecule has 25 heavy (non-hydrogen) atoms. The fraction of sp³-hybridized carbons (Fsp3) is 0.611. The summed E-state index contributed by atoms with van der Waals surface area (Å²) < 4.78 is 10.7. The monoisotopic (exact) mass is 343 g/mol. The van der Waals surface area contributed by atoms with Crippen molar-refractivity contribution in [1.82, 2.24) is 20.0 Å². The van der Waals surface area contributed by atoms with Crippen molar-refractivity contribution in [3.63, 3.8) is 0 Å². The number of piperidine rings is 1. The van der Waals surface area contributed by atoms with Gasteiger partial charge in [0.1, 0.15) is 5.82 Å². The summed E-state index contributed by atoms with van der Waals surface area (Å²) in [4.78, 5) is 13.8. The lowest BCUT2D eigenvalue weighted by atomic mass is 9.97. The molecule has 0 saturated carbocycles. The first-order valence-electron chi connectivity index (χ1n) is 9.10. The van der Waals surface area contributed by atoms with Gasteiger partial charge in [0.15, 0.2) is 5.82 Å². The second-order valence-electron chi connectivity index (χ2n) is 6.92. The van der Waals surface area contributed by atoms with E-state index in [1.165, 1.54) is 12.8 Å². The molecule has 2 saturated heterocycles. The van der Waals surface area contributed by atoms with Crippen LogP contribution in [0.15, 0.2) is 22.9 Å². The molecule has 7 nitrogen and oxygen atoms in total. The second kappa shape index (κ2) is 7.49. The first-order valence-corrected chi connectivity index (χ1v) is 9.10. The highest BCUT2D eigenvalue weighted by Crippen LogP contribution is 2.26. The summed E-state index contributed by atoms with van der Waals surface area (Å²) in [5.74, 6) is 2.89. The number of morpholine rings is 1. The van der Waals surface area contributed by atoms with E-state index >= 15 is 0 Å². The molecule has 0 aromatic carbocycles. The van der Waals surface area contributed by atoms with Gasteiger partial charge in [-0.15, -0.1) is 0 Å². The standard InChI is InChI=1S/C18H25N5O2/c1-14-20-18(25-21-14)16-4-5-19-17(11-16)23-6-2-3-15(13-23)12-22-7-9-24-10-8-22/h4-5,11,15H,2-3,6-10,12-13H2,1H3/t15-/m1/s1. The number of hydrogen-bond acceptors (Lipinski definition) is 7. The molecular formula is C18H25N5O2. The number of anilines is 1. The van der Waals surface area contributed by atoms with Gasteiger partial charge in [-0.25, -0.2) is 4.98 Å². The lowest BCUT2D eigenvalue weighted by molar-refractivity contribution is 0.0296. The number of pyridine rings is 1. The Bertz CT molecular complexity index is 698. The van der Waals surface area contributed by atoms with Gasteiger partial charge in [-0.2, -0.15) is 4.98 Å². The van der Waals surface area contributed by atoms with Crippen molar-refractivity contribution in [3.8, 4) is 11.5 Å². The highest BCUT2D eigenvalue weighted by Gasteiger charge is 2.24. The Hall–Kier alpha value is -1.99. The van der Waals surface area contributed by atoms with Crippen molar-refractivity contribution in [2.45, 2.75) is 19.8 Å². The average Bonchev–Trinajstić information content (AvgIpc) is 3.09. The molecule has 0 unspecified atom stereocenters. The van der Waals surface area contributed by atoms with Gasteiger partial charge in [0.25, 0.3) is 5.89 Å². The quantitative estimate of drug-likeness (QED) is 0.841. The molecule has 2 aromatic rings. The minimum atomic E-state index is 0.558. The Morgan fingerprint density at radius 3 is 2.92 bits per heavy atom. The van der Waals surface area contributed by atoms with Crippen LogP contribution in [0, 0.1) is 12.8 Å². The summed E-state index contributed by atoms with van der Waals surface area (Å²) >= 11 is 0. The summed E-state index contributed by atoms with van der Waals surface area (Å²) in [7, 11) is 0. The summed E-state index contributed by atoms with van der Waals surface area (Å²) in [5, 5.41) is 3.88. The van der Waals surface area contributed by atoms with E-state index in [4.69, 9.17) is 9.26 Å². The van der Waals surface area contributed by atoms with Gasteiger partial charge in [-0.1, -0.05) is 5.16 Å². The molecular weight excluding hydrogens is 318 g/mol. The van der Waals surface area contributed by atoms with Crippen LogP contribution in [0.2, 0.25) is 0 Å². The van der Waals surface area contributed by atoms with Crippen molar-refractivity contribution in [1.29, 1.82) is 0 Å². The van der Waals surface area contributed by atoms with Gasteiger partial charge in [0, 0.05) is 44.5 Å². The third kappa shape index (κ3) is 3.99. The fourth-order valence-electron chi connectivity index (χ4n) is 3.71. The van der Waals surface area contributed by atoms with Crippen molar-refractivity contribution >= 4 is 5.82 Å². The van der Waals surface area contributed by atoms with E-state index in [9.17, 15) is 0 Å². The molecule has 0 radical (unpaired) electrons. The van der Waals surface area contributed by atoms with Crippen molar-refractivity contribution in [2.75, 3.05) is 50.8 Å². The first-order chi connectivity index (χ1) is 12.3. The maximum absolute atomic E-state index is 5.45. The van der Waals surface area contributed by atoms with Crippen LogP contribution in [0.1, 0.15) is 18.7 Å². The van der Waals surface area contributed by atoms with Crippen LogP contribution < -0.4 is 4.90 Å². The highest BCUT2D eigenvalue weighted by atomic mass is 16.5. The molecule has 0 bridgehead atoms. The van der Waals surface area contributed by atoms with Crippen molar-refractivity contribution < 1.29 is 9.26 Å². The summed E-state index contributed by atoms with van der Waals surface area (Å²) in [6.07, 6.45) is 4.33. The SMILES string of the molecule is Cc1noc(-c2ccnc(N3CCC[C@H](CN4CCOCC4)C3)c2)n1. The number of ether oxygens (including phenoxy) is 1. The van der Waals surface area contributed by atoms with Crippen LogP contribution in [0.25, 0.3) is 11.5 Å². The van der Waals surface area contributed by atoms with Gasteiger partial charge in [-0.3, -0.25) is 4.90 Å². The van der Waals surface area contributed by atoms with Crippen LogP contribution >= 0.6 is 0 Å². The minimum absolute atomic E-state index is 0.558. The van der Waals surface area contributed by atoms with Crippen molar-refractivity contribution in [3.05, 3.63) is 24.2 Å². The summed E-state index contributed by atoms with van der Waals surface area (Å²) in [6.45, 7) is 8.93. The number of aromatic nitrogens is 3. The van der Waals surface area contributed by atoms with E-state index in [1.807, 2.05) is 19.2 Å². The number of aryl methyl sites for hydroxylation is 1. The van der Waals surface area contributed by atoms with Gasteiger partial charge >= 0.3 is 0 Å². The molecule has 4 rings (SSSR count). The highest BCUT2D eigenvalue weighted by molar-refractivity contribution is 5.58. The van der Waals surface area contributed by atoms with E-state index in [0.717, 1.165) is 57.3 Å². The number of hydrogen-bond donors (Lipinski definition) is 0. The zero-order chi connectivity index (χ0) is 17.1. The van der Waals surface area contributed by atoms with Crippen molar-refractivity contribution in [2.24, 2.45) is 5.92 Å². The van der Waals surface area contributed by atoms with Crippen LogP contribution in [0.3, 0.4) is 0 Å². The van der Waals surface area contributed by atoms with E-state index in [2.05, 4.69) is 31.0 Å². The minimum Gasteiger partial charge on any atom is -0.379 e. The molecule has 0 aliphatic carbocycles. The predicted octanol–water partition coefficient (Wildman–Crippen LogP) is 1.99. The maximum atomic E-state index is 5.45. The van der Waals surface area contributed by atoms with Gasteiger partial charge in [-0.05, 0) is 37.8 Å². The zero-order valence-electron chi connectivity index (χ0n) is 14.7. The van der Waals surface area contributed by atoms with Gasteiger partial charge in [0.2, 0.25) is 0 Å². The molecule has 2 fully saturated rings. The van der Waals surface area contributed by atoms with Crippen LogP contribution in [-0.2, 0) is 4.74 Å². The average molecular weight is 343 g/mol. The van der Waals surface area contributed by atoms with Gasteiger partial charge < -0.3 is 14.2 Å². The summed E-state index contributed by atoms with van der Waals surface area (Å²) in [5.41, 5.74) is 0.931. The van der Waals surface area contributed by atoms with E-state index < -0.39 is 0 Å².